The van der Waals surface area contributed by atoms with Crippen LogP contribution < -0.4 is 5.32 Å². The lowest BCUT2D eigenvalue weighted by Gasteiger charge is -2.12. The van der Waals surface area contributed by atoms with Crippen LogP contribution in [0.25, 0.3) is 0 Å². The summed E-state index contributed by atoms with van der Waals surface area (Å²) in [5.41, 5.74) is 0.536. The average molecular weight is 268 g/mol. The Morgan fingerprint density at radius 2 is 2.44 bits per heavy atom. The van der Waals surface area contributed by atoms with Crippen LogP contribution in [0.15, 0.2) is 18.6 Å². The molecule has 1 unspecified atom stereocenters. The first-order valence-electron chi connectivity index (χ1n) is 5.63. The molecular weight excluding hydrogens is 254 g/mol. The minimum atomic E-state index is -0.237. The number of aryl methyl sites for hydroxylation is 1. The van der Waals surface area contributed by atoms with Crippen LogP contribution in [0.5, 0.6) is 0 Å². The zero-order valence-corrected chi connectivity index (χ0v) is 10.9. The Bertz CT molecular complexity index is 534. The van der Waals surface area contributed by atoms with E-state index in [9.17, 15) is 4.79 Å². The van der Waals surface area contributed by atoms with Crippen LogP contribution in [0.1, 0.15) is 36.2 Å². The molecule has 2 rings (SSSR count). The van der Waals surface area contributed by atoms with Crippen LogP contribution in [-0.2, 0) is 6.54 Å². The van der Waals surface area contributed by atoms with Crippen molar-refractivity contribution in [3.63, 3.8) is 0 Å². The van der Waals surface area contributed by atoms with Gasteiger partial charge in [0, 0.05) is 12.7 Å². The lowest BCUT2D eigenvalue weighted by atomic mass is 10.3. The van der Waals surface area contributed by atoms with Gasteiger partial charge in [-0.1, -0.05) is 11.6 Å². The van der Waals surface area contributed by atoms with E-state index in [0.717, 1.165) is 0 Å². The standard InChI is InChI=1S/C11H14ClN5O/c1-3-17-5-8(12)4-9(17)11(18)15-7(2)10-13-6-14-16-10/h4-7H,3H2,1-2H3,(H,15,18)(H,13,14,16). The van der Waals surface area contributed by atoms with Crippen molar-refractivity contribution in [2.45, 2.75) is 26.4 Å². The van der Waals surface area contributed by atoms with Gasteiger partial charge in [0.1, 0.15) is 17.8 Å². The number of H-pyrrole nitrogens is 1. The largest absolute Gasteiger partial charge is 0.342 e. The molecule has 0 aliphatic rings. The molecule has 2 heterocycles. The Balaban J connectivity index is 2.12. The van der Waals surface area contributed by atoms with E-state index in [1.54, 1.807) is 16.8 Å². The van der Waals surface area contributed by atoms with E-state index in [-0.39, 0.29) is 11.9 Å². The first-order valence-corrected chi connectivity index (χ1v) is 6.01. The summed E-state index contributed by atoms with van der Waals surface area (Å²) < 4.78 is 1.80. The SMILES string of the molecule is CCn1cc(Cl)cc1C(=O)NC(C)c1ncn[nH]1. The van der Waals surface area contributed by atoms with E-state index in [0.29, 0.717) is 23.1 Å². The van der Waals surface area contributed by atoms with Gasteiger partial charge in [0.2, 0.25) is 0 Å². The molecule has 0 radical (unpaired) electrons. The van der Waals surface area contributed by atoms with Crippen molar-refractivity contribution in [3.05, 3.63) is 35.1 Å². The number of halogens is 1. The first kappa shape index (κ1) is 12.6. The van der Waals surface area contributed by atoms with Gasteiger partial charge >= 0.3 is 0 Å². The number of aromatic amines is 1. The summed E-state index contributed by atoms with van der Waals surface area (Å²) in [7, 11) is 0. The molecule has 7 heteroatoms. The van der Waals surface area contributed by atoms with Crippen molar-refractivity contribution in [1.82, 2.24) is 25.1 Å². The van der Waals surface area contributed by atoms with Gasteiger partial charge < -0.3 is 9.88 Å². The zero-order chi connectivity index (χ0) is 13.1. The fraction of sp³-hybridized carbons (Fsp3) is 0.364. The fourth-order valence-corrected chi connectivity index (χ4v) is 1.91. The van der Waals surface area contributed by atoms with E-state index < -0.39 is 0 Å². The molecule has 1 atom stereocenters. The zero-order valence-electron chi connectivity index (χ0n) is 10.1. The summed E-state index contributed by atoms with van der Waals surface area (Å²) in [6.45, 7) is 4.47. The molecule has 0 saturated carbocycles. The second-order valence-corrected chi connectivity index (χ2v) is 4.33. The quantitative estimate of drug-likeness (QED) is 0.886. The summed E-state index contributed by atoms with van der Waals surface area (Å²) in [5, 5.41) is 9.85. The molecule has 96 valence electrons. The Labute approximate surface area is 109 Å². The highest BCUT2D eigenvalue weighted by Gasteiger charge is 2.16. The van der Waals surface area contributed by atoms with E-state index in [4.69, 9.17) is 11.6 Å². The molecule has 2 aromatic heterocycles. The predicted molar refractivity (Wildman–Crippen MR) is 67.4 cm³/mol. The van der Waals surface area contributed by atoms with Crippen LogP contribution in [0.2, 0.25) is 5.02 Å². The number of carbonyl (C=O) groups excluding carboxylic acids is 1. The third kappa shape index (κ3) is 2.53. The molecule has 0 spiro atoms. The molecule has 0 saturated heterocycles. The van der Waals surface area contributed by atoms with Gasteiger partial charge in [-0.3, -0.25) is 9.89 Å². The molecule has 0 aliphatic heterocycles. The van der Waals surface area contributed by atoms with Crippen LogP contribution in [0.4, 0.5) is 0 Å². The molecule has 0 aromatic carbocycles. The summed E-state index contributed by atoms with van der Waals surface area (Å²) in [5.74, 6) is 0.428. The maximum Gasteiger partial charge on any atom is 0.268 e. The minimum Gasteiger partial charge on any atom is -0.342 e. The van der Waals surface area contributed by atoms with Gasteiger partial charge in [-0.2, -0.15) is 5.10 Å². The van der Waals surface area contributed by atoms with Gasteiger partial charge in [-0.15, -0.1) is 0 Å². The Morgan fingerprint density at radius 3 is 3.06 bits per heavy atom. The van der Waals surface area contributed by atoms with Gasteiger partial charge in [-0.25, -0.2) is 4.98 Å². The highest BCUT2D eigenvalue weighted by molar-refractivity contribution is 6.31. The highest BCUT2D eigenvalue weighted by Crippen LogP contribution is 2.15. The molecule has 0 aliphatic carbocycles. The Morgan fingerprint density at radius 1 is 1.67 bits per heavy atom. The number of rotatable bonds is 4. The number of nitrogens with one attached hydrogen (secondary N) is 2. The van der Waals surface area contributed by atoms with Crippen LogP contribution >= 0.6 is 11.6 Å². The van der Waals surface area contributed by atoms with Crippen LogP contribution in [-0.4, -0.2) is 25.7 Å². The Kier molecular flexibility index (Phi) is 3.66. The number of carbonyl (C=O) groups is 1. The van der Waals surface area contributed by atoms with Crippen molar-refractivity contribution in [2.75, 3.05) is 0 Å². The summed E-state index contributed by atoms with van der Waals surface area (Å²) in [6, 6.07) is 1.41. The van der Waals surface area contributed by atoms with Crippen molar-refractivity contribution < 1.29 is 4.79 Å². The minimum absolute atomic E-state index is 0.187. The lowest BCUT2D eigenvalue weighted by Crippen LogP contribution is -2.29. The number of nitrogens with zero attached hydrogens (tertiary/aromatic N) is 3. The normalized spacial score (nSPS) is 12.4. The third-order valence-corrected chi connectivity index (χ3v) is 2.83. The van der Waals surface area contributed by atoms with Crippen molar-refractivity contribution in [1.29, 1.82) is 0 Å². The van der Waals surface area contributed by atoms with E-state index in [1.807, 2.05) is 13.8 Å². The Hall–Kier alpha value is -1.82. The predicted octanol–water partition coefficient (Wildman–Crippen LogP) is 1.77. The summed E-state index contributed by atoms with van der Waals surface area (Å²) >= 11 is 5.90. The van der Waals surface area contributed by atoms with E-state index in [1.165, 1.54) is 6.33 Å². The van der Waals surface area contributed by atoms with Crippen molar-refractivity contribution >= 4 is 17.5 Å². The molecule has 1 amide bonds. The maximum absolute atomic E-state index is 12.1. The second kappa shape index (κ2) is 5.22. The fourth-order valence-electron chi connectivity index (χ4n) is 1.69. The van der Waals surface area contributed by atoms with Gasteiger partial charge in [0.25, 0.3) is 5.91 Å². The second-order valence-electron chi connectivity index (χ2n) is 3.90. The van der Waals surface area contributed by atoms with Gasteiger partial charge in [0.15, 0.2) is 0 Å². The monoisotopic (exact) mass is 267 g/mol. The van der Waals surface area contributed by atoms with E-state index >= 15 is 0 Å². The maximum atomic E-state index is 12.1. The first-order chi connectivity index (χ1) is 8.61. The van der Waals surface area contributed by atoms with Gasteiger partial charge in [0.05, 0.1) is 11.1 Å². The number of hydrogen-bond donors (Lipinski definition) is 2. The van der Waals surface area contributed by atoms with Gasteiger partial charge in [-0.05, 0) is 19.9 Å². The molecule has 0 fully saturated rings. The molecular formula is C11H14ClN5O. The molecule has 6 nitrogen and oxygen atoms in total. The summed E-state index contributed by atoms with van der Waals surface area (Å²) in [6.07, 6.45) is 3.14. The number of hydrogen-bond acceptors (Lipinski definition) is 3. The van der Waals surface area contributed by atoms with Crippen molar-refractivity contribution in [3.8, 4) is 0 Å². The average Bonchev–Trinajstić information content (AvgIpc) is 2.96. The van der Waals surface area contributed by atoms with Crippen LogP contribution in [0, 0.1) is 0 Å². The smallest absolute Gasteiger partial charge is 0.268 e. The summed E-state index contributed by atoms with van der Waals surface area (Å²) in [4.78, 5) is 16.1. The molecule has 18 heavy (non-hydrogen) atoms. The molecule has 0 bridgehead atoms. The number of aromatic nitrogens is 4. The van der Waals surface area contributed by atoms with Crippen molar-refractivity contribution in [2.24, 2.45) is 0 Å². The molecule has 2 N–H and O–H groups in total. The topological polar surface area (TPSA) is 75.6 Å². The highest BCUT2D eigenvalue weighted by atomic mass is 35.5. The van der Waals surface area contributed by atoms with E-state index in [2.05, 4.69) is 20.5 Å². The molecule has 2 aromatic rings. The lowest BCUT2D eigenvalue weighted by molar-refractivity contribution is 0.0929. The van der Waals surface area contributed by atoms with Crippen LogP contribution in [0.3, 0.4) is 0 Å². The number of amides is 1. The third-order valence-electron chi connectivity index (χ3n) is 2.63.